The summed E-state index contributed by atoms with van der Waals surface area (Å²) in [6, 6.07) is 4.87. The number of benzene rings is 1. The second-order valence-electron chi connectivity index (χ2n) is 3.03. The van der Waals surface area contributed by atoms with Crippen LogP contribution >= 0.6 is 11.8 Å². The summed E-state index contributed by atoms with van der Waals surface area (Å²) >= 11 is 1.57. The Hall–Kier alpha value is -1.29. The summed E-state index contributed by atoms with van der Waals surface area (Å²) in [6.07, 6.45) is 3.65. The monoisotopic (exact) mass is 222 g/mol. The molecule has 79 valence electrons. The largest absolute Gasteiger partial charge is 0.269 e. The lowest BCUT2D eigenvalue weighted by Gasteiger charge is -2.10. The molecular weight excluding hydrogens is 210 g/mol. The third-order valence-electron chi connectivity index (χ3n) is 2.12. The smallest absolute Gasteiger partial charge is 0.258 e. The van der Waals surface area contributed by atoms with E-state index in [-0.39, 0.29) is 10.6 Å². The predicted octanol–water partition coefficient (Wildman–Crippen LogP) is 3.45. The minimum atomic E-state index is -0.385. The van der Waals surface area contributed by atoms with E-state index in [0.717, 1.165) is 16.4 Å². The lowest BCUT2D eigenvalue weighted by atomic mass is 10.0. The van der Waals surface area contributed by atoms with Crippen molar-refractivity contribution in [1.29, 1.82) is 0 Å². The zero-order valence-electron chi connectivity index (χ0n) is 8.69. The highest BCUT2D eigenvalue weighted by atomic mass is 32.2. The molecule has 0 aromatic heterocycles. The van der Waals surface area contributed by atoms with Crippen molar-refractivity contribution in [2.45, 2.75) is 11.8 Å². The van der Waals surface area contributed by atoms with Gasteiger partial charge in [-0.1, -0.05) is 13.0 Å². The van der Waals surface area contributed by atoms with Crippen molar-refractivity contribution < 1.29 is 4.92 Å². The summed E-state index contributed by atoms with van der Waals surface area (Å²) in [7, 11) is 0. The van der Waals surface area contributed by atoms with Gasteiger partial charge in [-0.05, 0) is 17.9 Å². The molecule has 1 radical (unpaired) electrons. The fourth-order valence-corrected chi connectivity index (χ4v) is 1.87. The molecular formula is C11H12NO2S. The first-order chi connectivity index (χ1) is 7.10. The van der Waals surface area contributed by atoms with Crippen molar-refractivity contribution >= 4 is 17.4 Å². The van der Waals surface area contributed by atoms with E-state index in [2.05, 4.69) is 6.58 Å². The summed E-state index contributed by atoms with van der Waals surface area (Å²) in [6.45, 7) is 5.57. The summed E-state index contributed by atoms with van der Waals surface area (Å²) in [5, 5.41) is 10.6. The van der Waals surface area contributed by atoms with Crippen molar-refractivity contribution in [1.82, 2.24) is 0 Å². The molecule has 1 aromatic rings. The van der Waals surface area contributed by atoms with Gasteiger partial charge in [0.25, 0.3) is 5.69 Å². The Bertz CT molecular complexity index is 390. The molecule has 0 saturated carbocycles. The molecule has 3 nitrogen and oxygen atoms in total. The second kappa shape index (κ2) is 4.98. The van der Waals surface area contributed by atoms with Gasteiger partial charge in [0.15, 0.2) is 0 Å². The zero-order valence-corrected chi connectivity index (χ0v) is 9.50. The highest BCUT2D eigenvalue weighted by molar-refractivity contribution is 7.98. The van der Waals surface area contributed by atoms with E-state index < -0.39 is 0 Å². The number of nitro groups is 1. The molecule has 0 aliphatic rings. The summed E-state index contributed by atoms with van der Waals surface area (Å²) in [5.74, 6) is 0.947. The SMILES string of the molecule is C=C[C](C)c1cc([N+](=O)[O-])ccc1SC. The third kappa shape index (κ3) is 2.59. The van der Waals surface area contributed by atoms with Crippen LogP contribution in [0.1, 0.15) is 12.5 Å². The molecule has 15 heavy (non-hydrogen) atoms. The van der Waals surface area contributed by atoms with Crippen LogP contribution in [0.5, 0.6) is 0 Å². The first-order valence-corrected chi connectivity index (χ1v) is 5.61. The molecule has 0 N–H and O–H groups in total. The Kier molecular flexibility index (Phi) is 3.91. The van der Waals surface area contributed by atoms with Gasteiger partial charge in [-0.3, -0.25) is 10.1 Å². The second-order valence-corrected chi connectivity index (χ2v) is 3.88. The van der Waals surface area contributed by atoms with Gasteiger partial charge in [0.1, 0.15) is 0 Å². The molecule has 1 aromatic carbocycles. The Morgan fingerprint density at radius 2 is 2.27 bits per heavy atom. The molecule has 0 heterocycles. The third-order valence-corrected chi connectivity index (χ3v) is 2.92. The molecule has 0 fully saturated rings. The van der Waals surface area contributed by atoms with Crippen LogP contribution in [0.3, 0.4) is 0 Å². The van der Waals surface area contributed by atoms with Crippen LogP contribution < -0.4 is 0 Å². The normalized spacial score (nSPS) is 10.3. The first kappa shape index (κ1) is 11.8. The standard InChI is InChI=1S/C11H12NO2S/c1-4-8(2)10-7-9(12(13)14)5-6-11(10)15-3/h4-7H,1H2,2-3H3. The van der Waals surface area contributed by atoms with E-state index in [0.29, 0.717) is 0 Å². The van der Waals surface area contributed by atoms with Gasteiger partial charge in [0, 0.05) is 22.9 Å². The van der Waals surface area contributed by atoms with Crippen LogP contribution in [0.4, 0.5) is 5.69 Å². The maximum absolute atomic E-state index is 10.6. The molecule has 1 rings (SSSR count). The number of non-ortho nitro benzene ring substituents is 1. The van der Waals surface area contributed by atoms with Gasteiger partial charge >= 0.3 is 0 Å². The number of hydrogen-bond acceptors (Lipinski definition) is 3. The summed E-state index contributed by atoms with van der Waals surface area (Å²) in [5.41, 5.74) is 0.996. The summed E-state index contributed by atoms with van der Waals surface area (Å²) in [4.78, 5) is 11.3. The fraction of sp³-hybridized carbons (Fsp3) is 0.182. The van der Waals surface area contributed by atoms with Crippen molar-refractivity contribution in [3.8, 4) is 0 Å². The molecule has 0 bridgehead atoms. The van der Waals surface area contributed by atoms with Crippen molar-refractivity contribution in [3.63, 3.8) is 0 Å². The summed E-state index contributed by atoms with van der Waals surface area (Å²) < 4.78 is 0. The lowest BCUT2D eigenvalue weighted by molar-refractivity contribution is -0.384. The molecule has 0 unspecified atom stereocenters. The number of rotatable bonds is 4. The maximum atomic E-state index is 10.6. The quantitative estimate of drug-likeness (QED) is 0.445. The van der Waals surface area contributed by atoms with Crippen LogP contribution in [0, 0.1) is 16.0 Å². The van der Waals surface area contributed by atoms with Gasteiger partial charge in [0.05, 0.1) is 4.92 Å². The van der Waals surface area contributed by atoms with Gasteiger partial charge in [-0.2, -0.15) is 0 Å². The van der Waals surface area contributed by atoms with Gasteiger partial charge < -0.3 is 0 Å². The highest BCUT2D eigenvalue weighted by Gasteiger charge is 2.13. The van der Waals surface area contributed by atoms with Gasteiger partial charge in [-0.25, -0.2) is 0 Å². The van der Waals surface area contributed by atoms with Crippen LogP contribution in [0.15, 0.2) is 35.7 Å². The maximum Gasteiger partial charge on any atom is 0.269 e. The number of thioether (sulfide) groups is 1. The average Bonchev–Trinajstić information content (AvgIpc) is 2.27. The Morgan fingerprint density at radius 1 is 1.60 bits per heavy atom. The van der Waals surface area contributed by atoms with E-state index in [9.17, 15) is 10.1 Å². The first-order valence-electron chi connectivity index (χ1n) is 4.39. The molecule has 0 spiro atoms. The lowest BCUT2D eigenvalue weighted by Crippen LogP contribution is -1.96. The number of allylic oxidation sites excluding steroid dienone is 1. The molecule has 0 aliphatic heterocycles. The van der Waals surface area contributed by atoms with E-state index in [4.69, 9.17) is 0 Å². The Balaban J connectivity index is 3.24. The average molecular weight is 222 g/mol. The minimum absolute atomic E-state index is 0.115. The Morgan fingerprint density at radius 3 is 2.73 bits per heavy atom. The number of nitro benzene ring substituents is 1. The van der Waals surface area contributed by atoms with Crippen LogP contribution in [-0.2, 0) is 0 Å². The molecule has 0 amide bonds. The van der Waals surface area contributed by atoms with Crippen molar-refractivity contribution in [2.24, 2.45) is 0 Å². The van der Waals surface area contributed by atoms with Crippen LogP contribution in [0.25, 0.3) is 0 Å². The molecule has 4 heteroatoms. The zero-order chi connectivity index (χ0) is 11.4. The van der Waals surface area contributed by atoms with E-state index in [1.54, 1.807) is 30.0 Å². The number of nitrogens with zero attached hydrogens (tertiary/aromatic N) is 1. The van der Waals surface area contributed by atoms with Crippen molar-refractivity contribution in [2.75, 3.05) is 6.26 Å². The van der Waals surface area contributed by atoms with Gasteiger partial charge in [0.2, 0.25) is 0 Å². The minimum Gasteiger partial charge on any atom is -0.258 e. The van der Waals surface area contributed by atoms with E-state index in [1.165, 1.54) is 6.07 Å². The van der Waals surface area contributed by atoms with Crippen molar-refractivity contribution in [3.05, 3.63) is 52.4 Å². The predicted molar refractivity (Wildman–Crippen MR) is 63.1 cm³/mol. The highest BCUT2D eigenvalue weighted by Crippen LogP contribution is 2.30. The number of hydrogen-bond donors (Lipinski definition) is 0. The topological polar surface area (TPSA) is 43.1 Å². The van der Waals surface area contributed by atoms with E-state index >= 15 is 0 Å². The van der Waals surface area contributed by atoms with Crippen LogP contribution in [-0.4, -0.2) is 11.2 Å². The Labute approximate surface area is 93.3 Å². The molecule has 0 aliphatic carbocycles. The van der Waals surface area contributed by atoms with E-state index in [1.807, 2.05) is 13.2 Å². The van der Waals surface area contributed by atoms with Gasteiger partial charge in [-0.15, -0.1) is 18.3 Å². The molecule has 0 atom stereocenters. The molecule has 0 saturated heterocycles. The van der Waals surface area contributed by atoms with Crippen LogP contribution in [0.2, 0.25) is 0 Å². The fourth-order valence-electron chi connectivity index (χ4n) is 1.23.